The summed E-state index contributed by atoms with van der Waals surface area (Å²) in [4.78, 5) is 38.2. The highest BCUT2D eigenvalue weighted by Gasteiger charge is 2.39. The van der Waals surface area contributed by atoms with Crippen molar-refractivity contribution in [1.29, 1.82) is 0 Å². The van der Waals surface area contributed by atoms with Gasteiger partial charge in [-0.15, -0.1) is 0 Å². The number of amides is 2. The lowest BCUT2D eigenvalue weighted by molar-refractivity contribution is -0.148. The van der Waals surface area contributed by atoms with Gasteiger partial charge >= 0.3 is 12.1 Å². The Bertz CT molecular complexity index is 750. The molecular formula is C19H23NO5. The lowest BCUT2D eigenvalue weighted by Crippen LogP contribution is -2.38. The van der Waals surface area contributed by atoms with Gasteiger partial charge in [-0.3, -0.25) is 4.79 Å². The van der Waals surface area contributed by atoms with Crippen molar-refractivity contribution in [2.45, 2.75) is 52.7 Å². The van der Waals surface area contributed by atoms with Crippen LogP contribution in [0, 0.1) is 0 Å². The van der Waals surface area contributed by atoms with Crippen molar-refractivity contribution in [2.24, 2.45) is 0 Å². The summed E-state index contributed by atoms with van der Waals surface area (Å²) in [5.74, 6) is -1.25. The summed E-state index contributed by atoms with van der Waals surface area (Å²) in [6.07, 6.45) is 0.342. The van der Waals surface area contributed by atoms with Crippen LogP contribution in [0.2, 0.25) is 0 Å². The number of hydrogen-bond acceptors (Lipinski definition) is 5. The molecule has 0 radical (unpaired) electrons. The molecule has 1 aromatic rings. The van der Waals surface area contributed by atoms with Crippen LogP contribution in [0.25, 0.3) is 5.57 Å². The largest absolute Gasteiger partial charge is 0.457 e. The van der Waals surface area contributed by atoms with Crippen LogP contribution < -0.4 is 4.90 Å². The molecular weight excluding hydrogens is 322 g/mol. The Labute approximate surface area is 147 Å². The van der Waals surface area contributed by atoms with Crippen molar-refractivity contribution in [1.82, 2.24) is 0 Å². The Morgan fingerprint density at radius 3 is 2.08 bits per heavy atom. The van der Waals surface area contributed by atoms with E-state index in [9.17, 15) is 14.4 Å². The number of esters is 1. The molecule has 25 heavy (non-hydrogen) atoms. The fourth-order valence-corrected chi connectivity index (χ4v) is 2.32. The van der Waals surface area contributed by atoms with E-state index in [1.807, 2.05) is 0 Å². The predicted octanol–water partition coefficient (Wildman–Crippen LogP) is 3.69. The van der Waals surface area contributed by atoms with Gasteiger partial charge in [-0.05, 0) is 47.6 Å². The van der Waals surface area contributed by atoms with Gasteiger partial charge in [0.25, 0.3) is 5.91 Å². The van der Waals surface area contributed by atoms with Gasteiger partial charge in [0.2, 0.25) is 0 Å². The molecule has 0 unspecified atom stereocenters. The topological polar surface area (TPSA) is 72.9 Å². The zero-order chi connectivity index (χ0) is 19.0. The molecule has 0 N–H and O–H groups in total. The van der Waals surface area contributed by atoms with Crippen LogP contribution >= 0.6 is 0 Å². The first kappa shape index (κ1) is 18.7. The highest BCUT2D eigenvalue weighted by Crippen LogP contribution is 2.37. The van der Waals surface area contributed by atoms with Crippen molar-refractivity contribution in [3.05, 3.63) is 35.9 Å². The van der Waals surface area contributed by atoms with Crippen LogP contribution in [-0.4, -0.2) is 29.2 Å². The molecule has 6 nitrogen and oxygen atoms in total. The monoisotopic (exact) mass is 345 g/mol. The number of anilines is 1. The van der Waals surface area contributed by atoms with Crippen LogP contribution in [0.1, 0.15) is 47.1 Å². The summed E-state index contributed by atoms with van der Waals surface area (Å²) in [6, 6.07) is 6.74. The zero-order valence-electron chi connectivity index (χ0n) is 15.4. The number of carbonyl (C=O) groups is 3. The summed E-state index contributed by atoms with van der Waals surface area (Å²) in [5.41, 5.74) is -0.444. The average Bonchev–Trinajstić information content (AvgIpc) is 2.68. The zero-order valence-corrected chi connectivity index (χ0v) is 15.4. The van der Waals surface area contributed by atoms with E-state index in [4.69, 9.17) is 9.47 Å². The number of carbonyl (C=O) groups excluding carboxylic acids is 3. The smallest absolute Gasteiger partial charge is 0.422 e. The van der Waals surface area contributed by atoms with Gasteiger partial charge in [0.05, 0.1) is 11.3 Å². The fraction of sp³-hybridized carbons (Fsp3) is 0.421. The summed E-state index contributed by atoms with van der Waals surface area (Å²) in [5, 5.41) is 0. The van der Waals surface area contributed by atoms with Gasteiger partial charge in [-0.1, -0.05) is 18.2 Å². The van der Waals surface area contributed by atoms with Gasteiger partial charge in [0.1, 0.15) is 11.2 Å². The predicted molar refractivity (Wildman–Crippen MR) is 94.0 cm³/mol. The van der Waals surface area contributed by atoms with E-state index in [2.05, 4.69) is 0 Å². The third-order valence-corrected chi connectivity index (χ3v) is 3.11. The third-order valence-electron chi connectivity index (χ3n) is 3.11. The standard InChI is InChI=1S/C19H23NO5/c1-18(2,3)24-15(21)11-13-12-9-7-8-10-14(12)20(16(13)22)17(23)25-19(4,5)6/h7-11H,1-6H3/b13-11-. The van der Waals surface area contributed by atoms with E-state index in [-0.39, 0.29) is 5.57 Å². The number of hydrogen-bond donors (Lipinski definition) is 0. The number of fused-ring (bicyclic) bond motifs is 1. The van der Waals surface area contributed by atoms with E-state index >= 15 is 0 Å². The molecule has 0 aromatic heterocycles. The molecule has 0 spiro atoms. The summed E-state index contributed by atoms with van der Waals surface area (Å²) >= 11 is 0. The van der Waals surface area contributed by atoms with Crippen LogP contribution in [0.4, 0.5) is 10.5 Å². The maximum atomic E-state index is 12.7. The van der Waals surface area contributed by atoms with Gasteiger partial charge in [0, 0.05) is 11.6 Å². The van der Waals surface area contributed by atoms with Crippen molar-refractivity contribution >= 4 is 29.2 Å². The lowest BCUT2D eigenvalue weighted by Gasteiger charge is -2.23. The summed E-state index contributed by atoms with van der Waals surface area (Å²) < 4.78 is 10.5. The minimum Gasteiger partial charge on any atom is -0.457 e. The molecule has 6 heteroatoms. The van der Waals surface area contributed by atoms with Crippen LogP contribution in [0.3, 0.4) is 0 Å². The Hall–Kier alpha value is -2.63. The molecule has 2 amide bonds. The van der Waals surface area contributed by atoms with E-state index in [0.29, 0.717) is 11.3 Å². The fourth-order valence-electron chi connectivity index (χ4n) is 2.32. The molecule has 0 saturated carbocycles. The Kier molecular flexibility index (Phi) is 4.75. The van der Waals surface area contributed by atoms with E-state index in [0.717, 1.165) is 11.0 Å². The molecule has 2 rings (SSSR count). The molecule has 1 aliphatic heterocycles. The van der Waals surface area contributed by atoms with Crippen molar-refractivity contribution in [3.8, 4) is 0 Å². The normalized spacial score (nSPS) is 16.0. The first-order valence-corrected chi connectivity index (χ1v) is 8.00. The highest BCUT2D eigenvalue weighted by molar-refractivity contribution is 6.40. The number of benzene rings is 1. The molecule has 0 bridgehead atoms. The maximum absolute atomic E-state index is 12.7. The van der Waals surface area contributed by atoms with Crippen LogP contribution in [-0.2, 0) is 19.1 Å². The van der Waals surface area contributed by atoms with Gasteiger partial charge in [-0.25, -0.2) is 14.5 Å². The number of para-hydroxylation sites is 1. The SMILES string of the molecule is CC(C)(C)OC(=O)/C=C1\C(=O)N(C(=O)OC(C)(C)C)c2ccccc21. The van der Waals surface area contributed by atoms with E-state index in [1.165, 1.54) is 0 Å². The average molecular weight is 345 g/mol. The lowest BCUT2D eigenvalue weighted by atomic mass is 10.1. The number of nitrogens with zero attached hydrogens (tertiary/aromatic N) is 1. The van der Waals surface area contributed by atoms with Gasteiger partial charge in [0.15, 0.2) is 0 Å². The Morgan fingerprint density at radius 2 is 1.52 bits per heavy atom. The highest BCUT2D eigenvalue weighted by atomic mass is 16.6. The minimum absolute atomic E-state index is 0.107. The van der Waals surface area contributed by atoms with E-state index in [1.54, 1.807) is 65.8 Å². The molecule has 0 atom stereocenters. The molecule has 134 valence electrons. The minimum atomic E-state index is -0.780. The molecule has 1 heterocycles. The quantitative estimate of drug-likeness (QED) is 0.573. The maximum Gasteiger partial charge on any atom is 0.422 e. The second-order valence-corrected chi connectivity index (χ2v) is 7.73. The molecule has 0 aliphatic carbocycles. The third kappa shape index (κ3) is 4.47. The van der Waals surface area contributed by atoms with Crippen molar-refractivity contribution in [2.75, 3.05) is 4.90 Å². The van der Waals surface area contributed by atoms with Gasteiger partial charge < -0.3 is 9.47 Å². The second-order valence-electron chi connectivity index (χ2n) is 7.73. The van der Waals surface area contributed by atoms with Crippen molar-refractivity contribution < 1.29 is 23.9 Å². The van der Waals surface area contributed by atoms with Gasteiger partial charge in [-0.2, -0.15) is 0 Å². The summed E-state index contributed by atoms with van der Waals surface area (Å²) in [7, 11) is 0. The molecule has 1 aromatic carbocycles. The first-order valence-electron chi connectivity index (χ1n) is 8.00. The van der Waals surface area contributed by atoms with Crippen LogP contribution in [0.15, 0.2) is 30.3 Å². The Balaban J connectivity index is 2.41. The first-order chi connectivity index (χ1) is 11.4. The summed E-state index contributed by atoms with van der Waals surface area (Å²) in [6.45, 7) is 10.4. The number of rotatable bonds is 1. The number of imide groups is 1. The molecule has 1 aliphatic rings. The molecule has 0 saturated heterocycles. The van der Waals surface area contributed by atoms with Crippen molar-refractivity contribution in [3.63, 3.8) is 0 Å². The molecule has 0 fully saturated rings. The Morgan fingerprint density at radius 1 is 0.960 bits per heavy atom. The van der Waals surface area contributed by atoms with Crippen LogP contribution in [0.5, 0.6) is 0 Å². The number of ether oxygens (including phenoxy) is 2. The van der Waals surface area contributed by atoms with E-state index < -0.39 is 29.2 Å². The second kappa shape index (κ2) is 6.35.